The zero-order valence-electron chi connectivity index (χ0n) is 9.09. The molecular formula is C15H9N2. The number of para-hydroxylation sites is 1. The van der Waals surface area contributed by atoms with Crippen molar-refractivity contribution in [2.24, 2.45) is 0 Å². The Hall–Kier alpha value is -2.35. The first kappa shape index (κ1) is 8.76. The van der Waals surface area contributed by atoms with Crippen LogP contribution in [0.15, 0.2) is 54.7 Å². The summed E-state index contributed by atoms with van der Waals surface area (Å²) in [6, 6.07) is 16.3. The summed E-state index contributed by atoms with van der Waals surface area (Å²) in [7, 11) is 0. The van der Waals surface area contributed by atoms with E-state index in [9.17, 15) is 0 Å². The number of benzene rings is 1. The Kier molecular flexibility index (Phi) is 1.59. The van der Waals surface area contributed by atoms with Crippen molar-refractivity contribution in [3.63, 3.8) is 0 Å². The Labute approximate surface area is 98.1 Å². The van der Waals surface area contributed by atoms with Crippen LogP contribution in [-0.4, -0.2) is 9.38 Å². The van der Waals surface area contributed by atoms with Crippen LogP contribution in [0, 0.1) is 6.20 Å². The molecule has 4 aromatic rings. The lowest BCUT2D eigenvalue weighted by atomic mass is 10.2. The number of nitrogens with zero attached hydrogens (tertiary/aromatic N) is 2. The quantitative estimate of drug-likeness (QED) is 0.441. The van der Waals surface area contributed by atoms with E-state index in [1.54, 1.807) is 0 Å². The standard InChI is InChI=1S/C15H9N2/c1-2-6-13-11(5-1)9-12-10-17-8-4-3-7-14(17)15(12)16-13/h1-7,9-10H. The van der Waals surface area contributed by atoms with E-state index in [0.29, 0.717) is 0 Å². The SMILES string of the molecule is [c]1cccc2c3nc4ccccc4cc3cn12. The van der Waals surface area contributed by atoms with Gasteiger partial charge in [0, 0.05) is 17.0 Å². The highest BCUT2D eigenvalue weighted by atomic mass is 14.9. The van der Waals surface area contributed by atoms with Crippen molar-refractivity contribution in [2.75, 3.05) is 0 Å². The lowest BCUT2D eigenvalue weighted by Gasteiger charge is -1.97. The van der Waals surface area contributed by atoms with Crippen LogP contribution < -0.4 is 0 Å². The maximum atomic E-state index is 4.72. The average molecular weight is 217 g/mol. The summed E-state index contributed by atoms with van der Waals surface area (Å²) in [4.78, 5) is 4.72. The summed E-state index contributed by atoms with van der Waals surface area (Å²) in [5, 5.41) is 2.34. The van der Waals surface area contributed by atoms with Crippen molar-refractivity contribution < 1.29 is 0 Å². The Morgan fingerprint density at radius 1 is 1.00 bits per heavy atom. The van der Waals surface area contributed by atoms with Crippen LogP contribution in [-0.2, 0) is 0 Å². The number of fused-ring (bicyclic) bond motifs is 4. The van der Waals surface area contributed by atoms with Gasteiger partial charge in [0.15, 0.2) is 0 Å². The molecule has 0 atom stereocenters. The van der Waals surface area contributed by atoms with Gasteiger partial charge >= 0.3 is 0 Å². The largest absolute Gasteiger partial charge is 0.312 e. The van der Waals surface area contributed by atoms with Crippen molar-refractivity contribution in [3.8, 4) is 0 Å². The fourth-order valence-electron chi connectivity index (χ4n) is 2.29. The van der Waals surface area contributed by atoms with Crippen LogP contribution in [0.25, 0.3) is 27.3 Å². The number of hydrogen-bond donors (Lipinski definition) is 0. The van der Waals surface area contributed by atoms with Gasteiger partial charge in [-0.05, 0) is 24.3 Å². The maximum Gasteiger partial charge on any atom is 0.0964 e. The molecular weight excluding hydrogens is 208 g/mol. The van der Waals surface area contributed by atoms with E-state index >= 15 is 0 Å². The Balaban J connectivity index is 2.28. The Bertz CT molecular complexity index is 837. The summed E-state index contributed by atoms with van der Waals surface area (Å²) < 4.78 is 2.00. The molecule has 0 unspecified atom stereocenters. The Morgan fingerprint density at radius 3 is 2.94 bits per heavy atom. The molecule has 0 spiro atoms. The third kappa shape index (κ3) is 1.18. The third-order valence-electron chi connectivity index (χ3n) is 3.09. The molecule has 4 rings (SSSR count). The molecule has 0 aliphatic heterocycles. The zero-order valence-corrected chi connectivity index (χ0v) is 9.09. The molecule has 0 N–H and O–H groups in total. The molecule has 1 radical (unpaired) electrons. The van der Waals surface area contributed by atoms with Gasteiger partial charge in [-0.3, -0.25) is 0 Å². The number of rotatable bonds is 0. The second-order valence-electron chi connectivity index (χ2n) is 4.16. The van der Waals surface area contributed by atoms with Gasteiger partial charge in [0.25, 0.3) is 0 Å². The molecule has 0 bridgehead atoms. The molecule has 2 heteroatoms. The Morgan fingerprint density at radius 2 is 1.94 bits per heavy atom. The fourth-order valence-corrected chi connectivity index (χ4v) is 2.29. The van der Waals surface area contributed by atoms with Crippen molar-refractivity contribution in [1.29, 1.82) is 0 Å². The van der Waals surface area contributed by atoms with Gasteiger partial charge in [0.1, 0.15) is 0 Å². The second-order valence-corrected chi connectivity index (χ2v) is 4.16. The van der Waals surface area contributed by atoms with E-state index in [4.69, 9.17) is 4.98 Å². The summed E-state index contributed by atoms with van der Waals surface area (Å²) in [5.74, 6) is 0. The van der Waals surface area contributed by atoms with Crippen molar-refractivity contribution in [2.45, 2.75) is 0 Å². The molecule has 0 saturated heterocycles. The average Bonchev–Trinajstić information content (AvgIpc) is 2.73. The molecule has 1 aromatic carbocycles. The molecule has 3 aromatic heterocycles. The van der Waals surface area contributed by atoms with Gasteiger partial charge < -0.3 is 4.40 Å². The monoisotopic (exact) mass is 217 g/mol. The van der Waals surface area contributed by atoms with Gasteiger partial charge in [0.05, 0.1) is 22.7 Å². The summed E-state index contributed by atoms with van der Waals surface area (Å²) in [6.45, 7) is 0. The minimum Gasteiger partial charge on any atom is -0.312 e. The summed E-state index contributed by atoms with van der Waals surface area (Å²) >= 11 is 0. The highest BCUT2D eigenvalue weighted by Crippen LogP contribution is 2.24. The van der Waals surface area contributed by atoms with Crippen LogP contribution in [0.1, 0.15) is 0 Å². The van der Waals surface area contributed by atoms with Gasteiger partial charge in [-0.15, -0.1) is 0 Å². The van der Waals surface area contributed by atoms with Gasteiger partial charge in [-0.1, -0.05) is 24.3 Å². The van der Waals surface area contributed by atoms with E-state index in [0.717, 1.165) is 21.9 Å². The first-order chi connectivity index (χ1) is 8.42. The zero-order chi connectivity index (χ0) is 11.2. The van der Waals surface area contributed by atoms with E-state index in [1.807, 2.05) is 34.7 Å². The first-order valence-electron chi connectivity index (χ1n) is 5.59. The molecule has 0 amide bonds. The van der Waals surface area contributed by atoms with E-state index in [2.05, 4.69) is 30.6 Å². The topological polar surface area (TPSA) is 17.3 Å². The molecule has 17 heavy (non-hydrogen) atoms. The molecule has 2 nitrogen and oxygen atoms in total. The molecule has 0 aliphatic carbocycles. The lowest BCUT2D eigenvalue weighted by molar-refractivity contribution is 1.19. The van der Waals surface area contributed by atoms with Crippen molar-refractivity contribution in [3.05, 3.63) is 60.9 Å². The smallest absolute Gasteiger partial charge is 0.0964 e. The number of aromatic nitrogens is 2. The van der Waals surface area contributed by atoms with E-state index < -0.39 is 0 Å². The molecule has 79 valence electrons. The highest BCUT2D eigenvalue weighted by molar-refractivity contribution is 6.00. The normalized spacial score (nSPS) is 11.5. The highest BCUT2D eigenvalue weighted by Gasteiger charge is 2.05. The van der Waals surface area contributed by atoms with Crippen LogP contribution in [0.3, 0.4) is 0 Å². The lowest BCUT2D eigenvalue weighted by Crippen LogP contribution is -1.80. The van der Waals surface area contributed by atoms with Crippen molar-refractivity contribution in [1.82, 2.24) is 9.38 Å². The number of pyridine rings is 2. The van der Waals surface area contributed by atoms with E-state index in [1.165, 1.54) is 5.39 Å². The fraction of sp³-hybridized carbons (Fsp3) is 0. The summed E-state index contributed by atoms with van der Waals surface area (Å²) in [5.41, 5.74) is 3.19. The van der Waals surface area contributed by atoms with Crippen LogP contribution in [0.4, 0.5) is 0 Å². The predicted octanol–water partition coefficient (Wildman–Crippen LogP) is 3.44. The molecule has 0 fully saturated rings. The van der Waals surface area contributed by atoms with Crippen molar-refractivity contribution >= 4 is 27.3 Å². The second kappa shape index (κ2) is 3.08. The molecule has 3 heterocycles. The molecule has 0 saturated carbocycles. The summed E-state index contributed by atoms with van der Waals surface area (Å²) in [6.07, 6.45) is 5.24. The first-order valence-corrected chi connectivity index (χ1v) is 5.59. The molecule has 0 aliphatic rings. The minimum absolute atomic E-state index is 1.04. The van der Waals surface area contributed by atoms with Crippen LogP contribution in [0.2, 0.25) is 0 Å². The van der Waals surface area contributed by atoms with E-state index in [-0.39, 0.29) is 0 Å². The van der Waals surface area contributed by atoms with Gasteiger partial charge in [-0.2, -0.15) is 0 Å². The predicted molar refractivity (Wildman–Crippen MR) is 69.0 cm³/mol. The maximum absolute atomic E-state index is 4.72. The van der Waals surface area contributed by atoms with Gasteiger partial charge in [0.2, 0.25) is 0 Å². The van der Waals surface area contributed by atoms with Gasteiger partial charge in [-0.25, -0.2) is 4.98 Å². The third-order valence-corrected chi connectivity index (χ3v) is 3.09. The number of hydrogen-bond acceptors (Lipinski definition) is 1. The van der Waals surface area contributed by atoms with Crippen LogP contribution >= 0.6 is 0 Å². The minimum atomic E-state index is 1.04. The van der Waals surface area contributed by atoms with Crippen LogP contribution in [0.5, 0.6) is 0 Å².